The monoisotopic (exact) mass is 393 g/mol. The highest BCUT2D eigenvalue weighted by Crippen LogP contribution is 2.55. The van der Waals surface area contributed by atoms with Gasteiger partial charge in [-0.25, -0.2) is 9.37 Å². The fourth-order valence-electron chi connectivity index (χ4n) is 4.44. The van der Waals surface area contributed by atoms with Gasteiger partial charge in [-0.1, -0.05) is 24.4 Å². The first-order chi connectivity index (χ1) is 12.5. The van der Waals surface area contributed by atoms with E-state index in [1.807, 2.05) is 0 Å². The van der Waals surface area contributed by atoms with Gasteiger partial charge in [-0.05, 0) is 30.5 Å². The molecule has 1 spiro atoms. The Balaban J connectivity index is 1.74. The molecule has 3 heterocycles. The average molecular weight is 394 g/mol. The smallest absolute Gasteiger partial charge is 0.243 e. The van der Waals surface area contributed by atoms with Crippen molar-refractivity contribution >= 4 is 40.6 Å². The topological polar surface area (TPSA) is 55.3 Å². The summed E-state index contributed by atoms with van der Waals surface area (Å²) in [6.07, 6.45) is 3.80. The van der Waals surface area contributed by atoms with Gasteiger partial charge < -0.3 is 4.74 Å². The summed E-state index contributed by atoms with van der Waals surface area (Å²) in [5, 5.41) is 0.161. The summed E-state index contributed by atoms with van der Waals surface area (Å²) in [7, 11) is 0. The third-order valence-electron chi connectivity index (χ3n) is 5.56. The Bertz CT molecular complexity index is 960. The molecule has 1 saturated carbocycles. The molecule has 0 N–H and O–H groups in total. The number of anilines is 2. The summed E-state index contributed by atoms with van der Waals surface area (Å²) in [5.41, 5.74) is 1.03. The quantitative estimate of drug-likeness (QED) is 0.533. The number of ether oxygens (including phenoxy) is 1. The fourth-order valence-corrected chi connectivity index (χ4v) is 5.00. The van der Waals surface area contributed by atoms with E-state index in [4.69, 9.17) is 27.9 Å². The molecule has 5 rings (SSSR count). The van der Waals surface area contributed by atoms with Crippen LogP contribution >= 0.6 is 23.2 Å². The Kier molecular flexibility index (Phi) is 3.46. The van der Waals surface area contributed by atoms with Gasteiger partial charge in [0.15, 0.2) is 17.4 Å². The summed E-state index contributed by atoms with van der Waals surface area (Å²) < 4.78 is 19.8. The van der Waals surface area contributed by atoms with Crippen molar-refractivity contribution in [2.45, 2.75) is 37.5 Å². The number of hydrogen-bond donors (Lipinski definition) is 0. The predicted molar refractivity (Wildman–Crippen MR) is 94.9 cm³/mol. The highest BCUT2D eigenvalue weighted by atomic mass is 35.5. The maximum Gasteiger partial charge on any atom is 0.243 e. The van der Waals surface area contributed by atoms with Crippen LogP contribution in [0.15, 0.2) is 12.1 Å². The largest absolute Gasteiger partial charge is 0.490 e. The molecule has 0 radical (unpaired) electrons. The Hall–Kier alpha value is -1.92. The van der Waals surface area contributed by atoms with Crippen LogP contribution in [-0.2, 0) is 16.6 Å². The number of carbonyl (C=O) groups is 1. The molecule has 1 fully saturated rings. The van der Waals surface area contributed by atoms with E-state index in [9.17, 15) is 9.18 Å². The van der Waals surface area contributed by atoms with Crippen molar-refractivity contribution in [3.63, 3.8) is 0 Å². The van der Waals surface area contributed by atoms with Crippen LogP contribution < -0.4 is 9.64 Å². The van der Waals surface area contributed by atoms with Gasteiger partial charge in [0.2, 0.25) is 11.2 Å². The van der Waals surface area contributed by atoms with Crippen LogP contribution in [-0.4, -0.2) is 22.5 Å². The minimum Gasteiger partial charge on any atom is -0.490 e. The summed E-state index contributed by atoms with van der Waals surface area (Å²) in [6, 6.07) is 3.09. The molecule has 0 unspecified atom stereocenters. The van der Waals surface area contributed by atoms with E-state index < -0.39 is 11.2 Å². The van der Waals surface area contributed by atoms with Crippen LogP contribution in [0.1, 0.15) is 36.8 Å². The third-order valence-corrected chi connectivity index (χ3v) is 6.00. The minimum absolute atomic E-state index is 0.0356. The molecule has 3 aliphatic rings. The predicted octanol–water partition coefficient (Wildman–Crippen LogP) is 4.35. The highest BCUT2D eigenvalue weighted by Gasteiger charge is 2.55. The van der Waals surface area contributed by atoms with Crippen molar-refractivity contribution in [2.75, 3.05) is 11.5 Å². The molecule has 0 atom stereocenters. The Morgan fingerprint density at radius 2 is 1.96 bits per heavy atom. The SMILES string of the molecule is O=C1N(c2cc(F)c3c(c2)CCO3)c2nc(Cl)nc(Cl)c2C12CCCC2. The molecule has 0 saturated heterocycles. The van der Waals surface area contributed by atoms with E-state index >= 15 is 0 Å². The molecule has 8 heteroatoms. The lowest BCUT2D eigenvalue weighted by Gasteiger charge is -2.23. The zero-order valence-corrected chi connectivity index (χ0v) is 15.2. The summed E-state index contributed by atoms with van der Waals surface area (Å²) in [5.74, 6) is -0.000166. The molecule has 2 aromatic rings. The van der Waals surface area contributed by atoms with Crippen LogP contribution in [0.4, 0.5) is 15.9 Å². The molecule has 1 aromatic carbocycles. The van der Waals surface area contributed by atoms with Crippen molar-refractivity contribution in [2.24, 2.45) is 0 Å². The molecule has 1 aromatic heterocycles. The van der Waals surface area contributed by atoms with E-state index in [0.29, 0.717) is 42.9 Å². The van der Waals surface area contributed by atoms with Crippen molar-refractivity contribution in [3.8, 4) is 5.75 Å². The second kappa shape index (κ2) is 5.54. The van der Waals surface area contributed by atoms with Gasteiger partial charge in [-0.2, -0.15) is 4.98 Å². The summed E-state index contributed by atoms with van der Waals surface area (Å²) >= 11 is 12.4. The molecular weight excluding hydrogens is 380 g/mol. The Labute approximate surface area is 159 Å². The number of halogens is 3. The lowest BCUT2D eigenvalue weighted by atomic mass is 9.81. The zero-order valence-electron chi connectivity index (χ0n) is 13.7. The number of aromatic nitrogens is 2. The molecule has 134 valence electrons. The molecule has 26 heavy (non-hydrogen) atoms. The molecule has 2 aliphatic heterocycles. The number of fused-ring (bicyclic) bond motifs is 3. The third kappa shape index (κ3) is 2.06. The average Bonchev–Trinajstić information content (AvgIpc) is 3.28. The Morgan fingerprint density at radius 1 is 1.19 bits per heavy atom. The van der Waals surface area contributed by atoms with Gasteiger partial charge in [0, 0.05) is 23.6 Å². The second-order valence-electron chi connectivity index (χ2n) is 6.93. The van der Waals surface area contributed by atoms with Crippen LogP contribution in [0.5, 0.6) is 5.75 Å². The van der Waals surface area contributed by atoms with Crippen molar-refractivity contribution in [1.29, 1.82) is 0 Å². The molecular formula is C18H14Cl2FN3O2. The number of nitrogens with zero attached hydrogens (tertiary/aromatic N) is 3. The highest BCUT2D eigenvalue weighted by molar-refractivity contribution is 6.34. The van der Waals surface area contributed by atoms with Crippen molar-refractivity contribution in [1.82, 2.24) is 9.97 Å². The maximum absolute atomic E-state index is 14.5. The van der Waals surface area contributed by atoms with Gasteiger partial charge in [0.05, 0.1) is 17.7 Å². The number of benzene rings is 1. The first-order valence-electron chi connectivity index (χ1n) is 8.54. The van der Waals surface area contributed by atoms with E-state index in [0.717, 1.165) is 18.4 Å². The fraction of sp³-hybridized carbons (Fsp3) is 0.389. The zero-order chi connectivity index (χ0) is 18.1. The van der Waals surface area contributed by atoms with E-state index in [1.54, 1.807) is 6.07 Å². The van der Waals surface area contributed by atoms with Crippen LogP contribution in [0.2, 0.25) is 10.4 Å². The number of amides is 1. The standard InChI is InChI=1S/C18H14Cl2FN3O2/c19-14-12-15(23-17(20)22-14)24(16(25)18(12)4-1-2-5-18)10-7-9-3-6-26-13(9)11(21)8-10/h7-8H,1-6H2. The number of hydrogen-bond acceptors (Lipinski definition) is 4. The minimum atomic E-state index is -0.747. The van der Waals surface area contributed by atoms with Crippen LogP contribution in [0.3, 0.4) is 0 Å². The molecule has 1 aliphatic carbocycles. The van der Waals surface area contributed by atoms with Crippen LogP contribution in [0, 0.1) is 5.82 Å². The maximum atomic E-state index is 14.5. The van der Waals surface area contributed by atoms with Gasteiger partial charge in [0.25, 0.3) is 0 Å². The lowest BCUT2D eigenvalue weighted by Crippen LogP contribution is -2.36. The Morgan fingerprint density at radius 3 is 2.73 bits per heavy atom. The first-order valence-corrected chi connectivity index (χ1v) is 9.30. The van der Waals surface area contributed by atoms with E-state index in [1.165, 1.54) is 11.0 Å². The van der Waals surface area contributed by atoms with Gasteiger partial charge in [0.1, 0.15) is 5.15 Å². The van der Waals surface area contributed by atoms with Crippen molar-refractivity contribution < 1.29 is 13.9 Å². The molecule has 0 bridgehead atoms. The number of carbonyl (C=O) groups excluding carboxylic acids is 1. The summed E-state index contributed by atoms with van der Waals surface area (Å²) in [4.78, 5) is 23.2. The van der Waals surface area contributed by atoms with Gasteiger partial charge in [-0.3, -0.25) is 9.69 Å². The van der Waals surface area contributed by atoms with Crippen LogP contribution in [0.25, 0.3) is 0 Å². The number of rotatable bonds is 1. The normalized spacial score (nSPS) is 19.8. The summed E-state index contributed by atoms with van der Waals surface area (Å²) in [6.45, 7) is 0.435. The van der Waals surface area contributed by atoms with Crippen molar-refractivity contribution in [3.05, 3.63) is 39.5 Å². The van der Waals surface area contributed by atoms with Gasteiger partial charge in [-0.15, -0.1) is 0 Å². The molecule has 5 nitrogen and oxygen atoms in total. The van der Waals surface area contributed by atoms with E-state index in [2.05, 4.69) is 9.97 Å². The molecule has 1 amide bonds. The second-order valence-corrected chi connectivity index (χ2v) is 7.62. The first kappa shape index (κ1) is 16.3. The lowest BCUT2D eigenvalue weighted by molar-refractivity contribution is -0.122. The van der Waals surface area contributed by atoms with Gasteiger partial charge >= 0.3 is 0 Å². The van der Waals surface area contributed by atoms with E-state index in [-0.39, 0.29) is 22.1 Å².